The van der Waals surface area contributed by atoms with Crippen LogP contribution in [0.15, 0.2) is 18.2 Å². The SMILES string of the molecule is CCC1CC(=O)C[C@]23CCN(C)[C@H](Cc4ccc(OC)cc42)[C@H]13. The van der Waals surface area contributed by atoms with Gasteiger partial charge in [0.2, 0.25) is 0 Å². The minimum absolute atomic E-state index is 0.0509. The Morgan fingerprint density at radius 1 is 1.35 bits per heavy atom. The lowest BCUT2D eigenvalue weighted by atomic mass is 9.49. The number of fused-ring (bicyclic) bond motifs is 1. The summed E-state index contributed by atoms with van der Waals surface area (Å²) in [4.78, 5) is 15.1. The first-order valence-corrected chi connectivity index (χ1v) is 8.98. The van der Waals surface area contributed by atoms with Crippen LogP contribution < -0.4 is 4.74 Å². The number of piperidine rings is 1. The molecule has 1 saturated heterocycles. The van der Waals surface area contributed by atoms with Crippen molar-refractivity contribution < 1.29 is 9.53 Å². The Balaban J connectivity index is 1.91. The molecule has 0 radical (unpaired) electrons. The molecule has 0 amide bonds. The number of likely N-dealkylation sites (tertiary alicyclic amines) is 1. The number of ether oxygens (including phenoxy) is 1. The molecule has 1 unspecified atom stereocenters. The molecule has 4 atom stereocenters. The van der Waals surface area contributed by atoms with E-state index in [4.69, 9.17) is 4.74 Å². The van der Waals surface area contributed by atoms with Gasteiger partial charge in [-0.25, -0.2) is 0 Å². The molecule has 1 aromatic carbocycles. The summed E-state index contributed by atoms with van der Waals surface area (Å²) in [7, 11) is 4.00. The van der Waals surface area contributed by atoms with E-state index in [0.29, 0.717) is 23.7 Å². The van der Waals surface area contributed by atoms with E-state index in [1.165, 1.54) is 11.1 Å². The Morgan fingerprint density at radius 3 is 2.91 bits per heavy atom. The zero-order chi connectivity index (χ0) is 16.2. The molecule has 2 aliphatic carbocycles. The normalized spacial score (nSPS) is 36.3. The molecule has 23 heavy (non-hydrogen) atoms. The van der Waals surface area contributed by atoms with Crippen molar-refractivity contribution in [1.29, 1.82) is 0 Å². The molecule has 4 rings (SSSR count). The van der Waals surface area contributed by atoms with Crippen molar-refractivity contribution in [2.45, 2.75) is 50.5 Å². The van der Waals surface area contributed by atoms with Crippen molar-refractivity contribution in [2.75, 3.05) is 20.7 Å². The summed E-state index contributed by atoms with van der Waals surface area (Å²) >= 11 is 0. The third kappa shape index (κ3) is 2.09. The largest absolute Gasteiger partial charge is 0.497 e. The molecule has 2 bridgehead atoms. The number of likely N-dealkylation sites (N-methyl/N-ethyl adjacent to an activating group) is 1. The van der Waals surface area contributed by atoms with Crippen LogP contribution in [0.4, 0.5) is 0 Å². The van der Waals surface area contributed by atoms with Crippen LogP contribution in [-0.4, -0.2) is 37.4 Å². The molecule has 2 fully saturated rings. The van der Waals surface area contributed by atoms with Gasteiger partial charge in [-0.2, -0.15) is 0 Å². The Hall–Kier alpha value is -1.35. The minimum Gasteiger partial charge on any atom is -0.497 e. The van der Waals surface area contributed by atoms with Crippen LogP contribution in [0, 0.1) is 11.8 Å². The molecular weight excluding hydrogens is 286 g/mol. The minimum atomic E-state index is 0.0509. The third-order valence-electron chi connectivity index (χ3n) is 6.85. The maximum atomic E-state index is 12.6. The number of nitrogens with zero attached hydrogens (tertiary/aromatic N) is 1. The number of ketones is 1. The predicted octanol–water partition coefficient (Wildman–Crippen LogP) is 3.20. The Bertz CT molecular complexity index is 641. The first-order chi connectivity index (χ1) is 11.1. The summed E-state index contributed by atoms with van der Waals surface area (Å²) in [6, 6.07) is 7.13. The lowest BCUT2D eigenvalue weighted by molar-refractivity contribution is -0.131. The predicted molar refractivity (Wildman–Crippen MR) is 90.9 cm³/mol. The molecule has 3 heteroatoms. The molecule has 0 spiro atoms. The van der Waals surface area contributed by atoms with E-state index in [1.807, 2.05) is 0 Å². The lowest BCUT2D eigenvalue weighted by Crippen LogP contribution is -2.63. The molecule has 0 N–H and O–H groups in total. The molecule has 124 valence electrons. The smallest absolute Gasteiger partial charge is 0.134 e. The van der Waals surface area contributed by atoms with Crippen LogP contribution in [0.2, 0.25) is 0 Å². The van der Waals surface area contributed by atoms with Gasteiger partial charge in [-0.1, -0.05) is 19.4 Å². The second kappa shape index (κ2) is 5.34. The molecule has 1 aliphatic heterocycles. The number of Topliss-reactive ketones (excluding diaryl/α,β-unsaturated/α-hetero) is 1. The first kappa shape index (κ1) is 15.2. The highest BCUT2D eigenvalue weighted by atomic mass is 16.5. The van der Waals surface area contributed by atoms with Gasteiger partial charge >= 0.3 is 0 Å². The monoisotopic (exact) mass is 313 g/mol. The second-order valence-corrected chi connectivity index (χ2v) is 7.79. The summed E-state index contributed by atoms with van der Waals surface area (Å²) in [5.74, 6) is 2.54. The molecule has 3 nitrogen and oxygen atoms in total. The molecule has 3 aliphatic rings. The molecule has 1 heterocycles. The van der Waals surface area contributed by atoms with Crippen LogP contribution in [0.3, 0.4) is 0 Å². The van der Waals surface area contributed by atoms with E-state index in [2.05, 4.69) is 37.1 Å². The van der Waals surface area contributed by atoms with Gasteiger partial charge in [-0.3, -0.25) is 4.79 Å². The van der Waals surface area contributed by atoms with Crippen molar-refractivity contribution in [3.8, 4) is 5.75 Å². The van der Waals surface area contributed by atoms with E-state index in [-0.39, 0.29) is 5.41 Å². The lowest BCUT2D eigenvalue weighted by Gasteiger charge is -2.60. The Morgan fingerprint density at radius 2 is 2.17 bits per heavy atom. The standard InChI is InChI=1S/C20H27NO2/c1-4-13-9-15(22)12-20-7-8-21(2)18(19(13)20)10-14-5-6-16(23-3)11-17(14)20/h5-6,11,13,18-19H,4,7-10,12H2,1-3H3/t13?,18-,19+,20-/m1/s1. The van der Waals surface area contributed by atoms with E-state index in [0.717, 1.165) is 44.4 Å². The van der Waals surface area contributed by atoms with Gasteiger partial charge in [0.05, 0.1) is 7.11 Å². The van der Waals surface area contributed by atoms with E-state index in [1.54, 1.807) is 7.11 Å². The second-order valence-electron chi connectivity index (χ2n) is 7.79. The first-order valence-electron chi connectivity index (χ1n) is 8.98. The molecule has 1 saturated carbocycles. The van der Waals surface area contributed by atoms with Crippen molar-refractivity contribution in [3.63, 3.8) is 0 Å². The average Bonchev–Trinajstić information content (AvgIpc) is 2.56. The third-order valence-corrected chi connectivity index (χ3v) is 6.85. The van der Waals surface area contributed by atoms with Crippen molar-refractivity contribution >= 4 is 5.78 Å². The van der Waals surface area contributed by atoms with Crippen LogP contribution in [0.5, 0.6) is 5.75 Å². The van der Waals surface area contributed by atoms with Gasteiger partial charge in [0.25, 0.3) is 0 Å². The Labute approximate surface area is 139 Å². The quantitative estimate of drug-likeness (QED) is 0.840. The molecule has 1 aromatic rings. The van der Waals surface area contributed by atoms with Crippen molar-refractivity contribution in [1.82, 2.24) is 4.90 Å². The maximum Gasteiger partial charge on any atom is 0.134 e. The van der Waals surface area contributed by atoms with Gasteiger partial charge in [0.15, 0.2) is 0 Å². The number of carbonyl (C=O) groups excluding carboxylic acids is 1. The van der Waals surface area contributed by atoms with Gasteiger partial charge in [-0.05, 0) is 61.5 Å². The van der Waals surface area contributed by atoms with Gasteiger partial charge < -0.3 is 9.64 Å². The maximum absolute atomic E-state index is 12.6. The summed E-state index contributed by atoms with van der Waals surface area (Å²) in [6.07, 6.45) is 4.85. The van der Waals surface area contributed by atoms with Crippen LogP contribution in [0.25, 0.3) is 0 Å². The number of carbonyl (C=O) groups is 1. The number of hydrogen-bond donors (Lipinski definition) is 0. The zero-order valence-electron chi connectivity index (χ0n) is 14.5. The fourth-order valence-electron chi connectivity index (χ4n) is 5.81. The fourth-order valence-corrected chi connectivity index (χ4v) is 5.81. The topological polar surface area (TPSA) is 29.5 Å². The number of hydrogen-bond acceptors (Lipinski definition) is 3. The highest BCUT2D eigenvalue weighted by Gasteiger charge is 2.57. The Kier molecular flexibility index (Phi) is 3.53. The van der Waals surface area contributed by atoms with Crippen LogP contribution >= 0.6 is 0 Å². The van der Waals surface area contributed by atoms with E-state index in [9.17, 15) is 4.79 Å². The fraction of sp³-hybridized carbons (Fsp3) is 0.650. The summed E-state index contributed by atoms with van der Waals surface area (Å²) in [5, 5.41) is 0. The van der Waals surface area contributed by atoms with Gasteiger partial charge in [0.1, 0.15) is 11.5 Å². The number of rotatable bonds is 2. The summed E-state index contributed by atoms with van der Waals surface area (Å²) < 4.78 is 5.50. The zero-order valence-corrected chi connectivity index (χ0v) is 14.5. The summed E-state index contributed by atoms with van der Waals surface area (Å²) in [5.41, 5.74) is 2.90. The van der Waals surface area contributed by atoms with Crippen molar-refractivity contribution in [2.24, 2.45) is 11.8 Å². The van der Waals surface area contributed by atoms with Crippen LogP contribution in [0.1, 0.15) is 43.7 Å². The van der Waals surface area contributed by atoms with Gasteiger partial charge in [-0.15, -0.1) is 0 Å². The van der Waals surface area contributed by atoms with E-state index < -0.39 is 0 Å². The highest BCUT2D eigenvalue weighted by molar-refractivity contribution is 5.82. The summed E-state index contributed by atoms with van der Waals surface area (Å²) in [6.45, 7) is 3.36. The number of methoxy groups -OCH3 is 1. The van der Waals surface area contributed by atoms with Crippen molar-refractivity contribution in [3.05, 3.63) is 29.3 Å². The molecular formula is C20H27NO2. The average molecular weight is 313 g/mol. The van der Waals surface area contributed by atoms with Gasteiger partial charge in [0, 0.05) is 24.3 Å². The number of benzene rings is 1. The highest BCUT2D eigenvalue weighted by Crippen LogP contribution is 2.57. The van der Waals surface area contributed by atoms with E-state index >= 15 is 0 Å². The molecule has 0 aromatic heterocycles. The van der Waals surface area contributed by atoms with Crippen LogP contribution in [-0.2, 0) is 16.6 Å².